The zero-order valence-corrected chi connectivity index (χ0v) is 16.3. The smallest absolute Gasteiger partial charge is 0.295 e. The van der Waals surface area contributed by atoms with Crippen molar-refractivity contribution in [2.75, 3.05) is 0 Å². The van der Waals surface area contributed by atoms with Crippen LogP contribution in [0.5, 0.6) is 0 Å². The summed E-state index contributed by atoms with van der Waals surface area (Å²) in [5.74, 6) is -1.53. The molecule has 1 aliphatic rings. The van der Waals surface area contributed by atoms with E-state index in [1.54, 1.807) is 24.3 Å². The van der Waals surface area contributed by atoms with Crippen molar-refractivity contribution < 1.29 is 14.7 Å². The number of ketones is 1. The van der Waals surface area contributed by atoms with E-state index in [1.807, 2.05) is 47.8 Å². The number of hydrogen-bond acceptors (Lipinski definition) is 4. The highest BCUT2D eigenvalue weighted by molar-refractivity contribution is 7.09. The molecule has 1 amide bonds. The van der Waals surface area contributed by atoms with Crippen LogP contribution in [0.2, 0.25) is 5.02 Å². The Morgan fingerprint density at radius 1 is 1.04 bits per heavy atom. The Kier molecular flexibility index (Phi) is 5.03. The number of amides is 1. The molecular weight excluding hydrogens is 394 g/mol. The fourth-order valence-electron chi connectivity index (χ4n) is 3.39. The third-order valence-electron chi connectivity index (χ3n) is 4.66. The molecule has 2 heterocycles. The second-order valence-corrected chi connectivity index (χ2v) is 7.90. The number of aliphatic hydroxyl groups is 1. The van der Waals surface area contributed by atoms with Crippen molar-refractivity contribution in [3.05, 3.63) is 98.7 Å². The van der Waals surface area contributed by atoms with E-state index in [4.69, 9.17) is 11.6 Å². The quantitative estimate of drug-likeness (QED) is 0.374. The van der Waals surface area contributed by atoms with Crippen LogP contribution in [0.3, 0.4) is 0 Å². The summed E-state index contributed by atoms with van der Waals surface area (Å²) in [6.45, 7) is 0.300. The SMILES string of the molecule is O=C1C(=O)N(Cc2cccs2)C(c2ccccc2)/C1=C(/O)c1cccc(Cl)c1. The first-order valence-electron chi connectivity index (χ1n) is 8.68. The summed E-state index contributed by atoms with van der Waals surface area (Å²) in [5, 5.41) is 13.3. The highest BCUT2D eigenvalue weighted by Gasteiger charge is 2.46. The van der Waals surface area contributed by atoms with Gasteiger partial charge in [-0.15, -0.1) is 11.3 Å². The summed E-state index contributed by atoms with van der Waals surface area (Å²) < 4.78 is 0. The van der Waals surface area contributed by atoms with E-state index in [0.717, 1.165) is 10.4 Å². The van der Waals surface area contributed by atoms with Gasteiger partial charge >= 0.3 is 0 Å². The average Bonchev–Trinajstić information content (AvgIpc) is 3.30. The molecular formula is C22H16ClNO3S. The Labute approximate surface area is 171 Å². The number of halogens is 1. The minimum absolute atomic E-state index is 0.0787. The van der Waals surface area contributed by atoms with E-state index >= 15 is 0 Å². The summed E-state index contributed by atoms with van der Waals surface area (Å²) in [4.78, 5) is 28.2. The van der Waals surface area contributed by atoms with E-state index in [9.17, 15) is 14.7 Å². The molecule has 1 atom stereocenters. The third kappa shape index (κ3) is 3.35. The predicted octanol–water partition coefficient (Wildman–Crippen LogP) is 5.02. The average molecular weight is 410 g/mol. The molecule has 6 heteroatoms. The molecule has 1 aromatic heterocycles. The van der Waals surface area contributed by atoms with Gasteiger partial charge in [0, 0.05) is 15.5 Å². The molecule has 1 unspecified atom stereocenters. The number of likely N-dealkylation sites (tertiary alicyclic amines) is 1. The number of Topliss-reactive ketones (excluding diaryl/α,β-unsaturated/α-hetero) is 1. The van der Waals surface area contributed by atoms with Crippen molar-refractivity contribution in [3.63, 3.8) is 0 Å². The highest BCUT2D eigenvalue weighted by atomic mass is 35.5. The van der Waals surface area contributed by atoms with E-state index in [-0.39, 0.29) is 11.3 Å². The van der Waals surface area contributed by atoms with Crippen LogP contribution in [-0.4, -0.2) is 21.7 Å². The van der Waals surface area contributed by atoms with Gasteiger partial charge in [-0.3, -0.25) is 9.59 Å². The molecule has 3 aromatic rings. The standard InChI is InChI=1S/C22H16ClNO3S/c23-16-9-4-8-15(12-16)20(25)18-19(14-6-2-1-3-7-14)24(22(27)21(18)26)13-17-10-5-11-28-17/h1-12,19,25H,13H2/b20-18-. The summed E-state index contributed by atoms with van der Waals surface area (Å²) in [7, 11) is 0. The maximum atomic E-state index is 12.9. The van der Waals surface area contributed by atoms with E-state index in [2.05, 4.69) is 0 Å². The van der Waals surface area contributed by atoms with E-state index < -0.39 is 17.7 Å². The first kappa shape index (κ1) is 18.5. The van der Waals surface area contributed by atoms with Crippen LogP contribution in [0.15, 0.2) is 77.7 Å². The van der Waals surface area contributed by atoms with Crippen LogP contribution in [-0.2, 0) is 16.1 Å². The summed E-state index contributed by atoms with van der Waals surface area (Å²) in [5.41, 5.74) is 1.25. The van der Waals surface area contributed by atoms with Gasteiger partial charge in [0.2, 0.25) is 0 Å². The molecule has 28 heavy (non-hydrogen) atoms. The van der Waals surface area contributed by atoms with Crippen molar-refractivity contribution in [2.45, 2.75) is 12.6 Å². The van der Waals surface area contributed by atoms with Gasteiger partial charge < -0.3 is 10.0 Å². The van der Waals surface area contributed by atoms with Crippen LogP contribution in [0.1, 0.15) is 22.0 Å². The highest BCUT2D eigenvalue weighted by Crippen LogP contribution is 2.40. The predicted molar refractivity (Wildman–Crippen MR) is 110 cm³/mol. The zero-order valence-electron chi connectivity index (χ0n) is 14.7. The maximum absolute atomic E-state index is 12.9. The molecule has 1 aliphatic heterocycles. The lowest BCUT2D eigenvalue weighted by molar-refractivity contribution is -0.140. The Bertz CT molecular complexity index is 1060. The molecule has 0 spiro atoms. The van der Waals surface area contributed by atoms with E-state index in [1.165, 1.54) is 16.2 Å². The molecule has 0 aliphatic carbocycles. The molecule has 1 N–H and O–H groups in total. The van der Waals surface area contributed by atoms with Crippen LogP contribution in [0.25, 0.3) is 5.76 Å². The molecule has 4 nitrogen and oxygen atoms in total. The van der Waals surface area contributed by atoms with Crippen molar-refractivity contribution in [2.24, 2.45) is 0 Å². The van der Waals surface area contributed by atoms with Gasteiger partial charge in [0.15, 0.2) is 0 Å². The van der Waals surface area contributed by atoms with Crippen LogP contribution < -0.4 is 0 Å². The van der Waals surface area contributed by atoms with Gasteiger partial charge in [0.25, 0.3) is 11.7 Å². The van der Waals surface area contributed by atoms with Gasteiger partial charge in [-0.25, -0.2) is 0 Å². The minimum atomic E-state index is -0.692. The summed E-state index contributed by atoms with van der Waals surface area (Å²) >= 11 is 7.56. The van der Waals surface area contributed by atoms with Crippen LogP contribution >= 0.6 is 22.9 Å². The molecule has 0 bridgehead atoms. The van der Waals surface area contributed by atoms with Gasteiger partial charge in [-0.1, -0.05) is 60.1 Å². The van der Waals surface area contributed by atoms with Gasteiger partial charge in [-0.05, 0) is 29.1 Å². The van der Waals surface area contributed by atoms with Crippen molar-refractivity contribution >= 4 is 40.4 Å². The number of carbonyl (C=O) groups is 2. The van der Waals surface area contributed by atoms with Crippen LogP contribution in [0, 0.1) is 0 Å². The first-order valence-corrected chi connectivity index (χ1v) is 9.93. The lowest BCUT2D eigenvalue weighted by Crippen LogP contribution is -2.28. The number of thiophene rings is 1. The molecule has 1 saturated heterocycles. The van der Waals surface area contributed by atoms with Gasteiger partial charge in [0.1, 0.15) is 5.76 Å². The second kappa shape index (κ2) is 7.62. The Morgan fingerprint density at radius 2 is 1.82 bits per heavy atom. The minimum Gasteiger partial charge on any atom is -0.507 e. The third-order valence-corrected chi connectivity index (χ3v) is 5.76. The summed E-state index contributed by atoms with van der Waals surface area (Å²) in [6.07, 6.45) is 0. The maximum Gasteiger partial charge on any atom is 0.295 e. The zero-order chi connectivity index (χ0) is 19.7. The molecule has 0 saturated carbocycles. The molecule has 1 fully saturated rings. The number of aliphatic hydroxyl groups excluding tert-OH is 1. The Hall–Kier alpha value is -2.89. The number of rotatable bonds is 4. The van der Waals surface area contributed by atoms with Gasteiger partial charge in [0.05, 0.1) is 18.2 Å². The molecule has 2 aromatic carbocycles. The number of benzene rings is 2. The number of carbonyl (C=O) groups excluding carboxylic acids is 2. The van der Waals surface area contributed by atoms with Gasteiger partial charge in [-0.2, -0.15) is 0 Å². The second-order valence-electron chi connectivity index (χ2n) is 6.43. The molecule has 0 radical (unpaired) electrons. The monoisotopic (exact) mass is 409 g/mol. The lowest BCUT2D eigenvalue weighted by Gasteiger charge is -2.24. The largest absolute Gasteiger partial charge is 0.507 e. The fraction of sp³-hybridized carbons (Fsp3) is 0.0909. The van der Waals surface area contributed by atoms with Crippen molar-refractivity contribution in [3.8, 4) is 0 Å². The van der Waals surface area contributed by atoms with Crippen molar-refractivity contribution in [1.29, 1.82) is 0 Å². The Morgan fingerprint density at radius 3 is 2.50 bits per heavy atom. The lowest BCUT2D eigenvalue weighted by atomic mass is 9.95. The topological polar surface area (TPSA) is 57.6 Å². The number of hydrogen-bond donors (Lipinski definition) is 1. The fourth-order valence-corrected chi connectivity index (χ4v) is 4.28. The summed E-state index contributed by atoms with van der Waals surface area (Å²) in [6, 6.07) is 19.0. The molecule has 140 valence electrons. The van der Waals surface area contributed by atoms with Crippen molar-refractivity contribution in [1.82, 2.24) is 4.90 Å². The van der Waals surface area contributed by atoms with Crippen LogP contribution in [0.4, 0.5) is 0 Å². The van der Waals surface area contributed by atoms with E-state index in [0.29, 0.717) is 17.1 Å². The normalized spacial score (nSPS) is 18.6. The Balaban J connectivity index is 1.87. The molecule has 4 rings (SSSR count). The first-order chi connectivity index (χ1) is 13.6. The number of nitrogens with zero attached hydrogens (tertiary/aromatic N) is 1.